The van der Waals surface area contributed by atoms with Crippen molar-refractivity contribution in [3.8, 4) is 5.75 Å². The van der Waals surface area contributed by atoms with Crippen molar-refractivity contribution in [1.29, 1.82) is 0 Å². The summed E-state index contributed by atoms with van der Waals surface area (Å²) in [6.45, 7) is 4.04. The first kappa shape index (κ1) is 14.9. The van der Waals surface area contributed by atoms with E-state index in [2.05, 4.69) is 34.1 Å². The number of hydrogen-bond acceptors (Lipinski definition) is 5. The summed E-state index contributed by atoms with van der Waals surface area (Å²) in [4.78, 5) is 11.6. The first-order chi connectivity index (χ1) is 12.4. The average molecular weight is 335 g/mol. The summed E-state index contributed by atoms with van der Waals surface area (Å²) in [6.07, 6.45) is 4.63. The summed E-state index contributed by atoms with van der Waals surface area (Å²) in [5.41, 5.74) is 4.63. The topological polar surface area (TPSA) is 47.0 Å². The van der Waals surface area contributed by atoms with Gasteiger partial charge in [-0.25, -0.2) is 4.98 Å². The molecule has 0 radical (unpaired) electrons. The maximum atomic E-state index is 5.96. The Morgan fingerprint density at radius 1 is 1.08 bits per heavy atom. The molecule has 1 aromatic carbocycles. The van der Waals surface area contributed by atoms with Gasteiger partial charge in [-0.05, 0) is 42.7 Å². The van der Waals surface area contributed by atoms with Gasteiger partial charge in [0.05, 0.1) is 31.6 Å². The smallest absolute Gasteiger partial charge is 0.129 e. The van der Waals surface area contributed by atoms with Gasteiger partial charge in [-0.3, -0.25) is 4.99 Å². The maximum absolute atomic E-state index is 5.96. The highest BCUT2D eigenvalue weighted by Crippen LogP contribution is 2.31. The van der Waals surface area contributed by atoms with Crippen LogP contribution in [-0.4, -0.2) is 43.1 Å². The lowest BCUT2D eigenvalue weighted by Crippen LogP contribution is -2.36. The van der Waals surface area contributed by atoms with E-state index in [4.69, 9.17) is 14.5 Å². The molecular weight excluding hydrogens is 314 g/mol. The maximum Gasteiger partial charge on any atom is 0.129 e. The number of pyridine rings is 1. The zero-order valence-electron chi connectivity index (χ0n) is 14.1. The Hall–Kier alpha value is -2.40. The molecule has 0 bridgehead atoms. The highest BCUT2D eigenvalue weighted by atomic mass is 16.5. The molecule has 3 heterocycles. The van der Waals surface area contributed by atoms with Crippen LogP contribution < -0.4 is 9.64 Å². The van der Waals surface area contributed by atoms with Crippen LogP contribution in [0.4, 0.5) is 5.82 Å². The number of hydrogen-bond donors (Lipinski definition) is 0. The van der Waals surface area contributed by atoms with Gasteiger partial charge in [0.1, 0.15) is 11.6 Å². The van der Waals surface area contributed by atoms with Crippen LogP contribution in [0.25, 0.3) is 0 Å². The Labute approximate surface area is 147 Å². The van der Waals surface area contributed by atoms with E-state index in [0.29, 0.717) is 6.10 Å². The Morgan fingerprint density at radius 2 is 1.96 bits per heavy atom. The minimum absolute atomic E-state index is 0.411. The molecule has 128 valence electrons. The monoisotopic (exact) mass is 335 g/mol. The molecular formula is C20H21N3O2. The standard InChI is InChI=1S/C20H21N3O2/c1-2-17(25-16-3-4-16)12-18-15(1)13-22-20(18)14-5-6-21-19(11-14)23-7-9-24-10-8-23/h1-2,5-6,11-12,16H,3-4,7-10,13H2. The van der Waals surface area contributed by atoms with Crippen LogP contribution in [0, 0.1) is 0 Å². The van der Waals surface area contributed by atoms with Crippen molar-refractivity contribution in [2.75, 3.05) is 31.2 Å². The molecule has 0 atom stereocenters. The van der Waals surface area contributed by atoms with E-state index in [9.17, 15) is 0 Å². The fraction of sp³-hybridized carbons (Fsp3) is 0.400. The van der Waals surface area contributed by atoms with E-state index < -0.39 is 0 Å². The molecule has 3 aliphatic rings. The molecule has 1 aliphatic carbocycles. The molecule has 5 rings (SSSR count). The van der Waals surface area contributed by atoms with Crippen LogP contribution >= 0.6 is 0 Å². The molecule has 0 spiro atoms. The van der Waals surface area contributed by atoms with Crippen molar-refractivity contribution < 1.29 is 9.47 Å². The van der Waals surface area contributed by atoms with Gasteiger partial charge in [0.25, 0.3) is 0 Å². The molecule has 0 unspecified atom stereocenters. The van der Waals surface area contributed by atoms with Crippen molar-refractivity contribution in [3.63, 3.8) is 0 Å². The van der Waals surface area contributed by atoms with E-state index in [0.717, 1.165) is 55.7 Å². The molecule has 5 heteroatoms. The number of aromatic nitrogens is 1. The van der Waals surface area contributed by atoms with Crippen LogP contribution in [0.15, 0.2) is 41.5 Å². The summed E-state index contributed by atoms with van der Waals surface area (Å²) >= 11 is 0. The fourth-order valence-corrected chi connectivity index (χ4v) is 3.39. The minimum Gasteiger partial charge on any atom is -0.490 e. The second-order valence-electron chi connectivity index (χ2n) is 6.80. The van der Waals surface area contributed by atoms with E-state index >= 15 is 0 Å². The molecule has 0 N–H and O–H groups in total. The van der Waals surface area contributed by atoms with E-state index in [1.165, 1.54) is 24.0 Å². The number of anilines is 1. The van der Waals surface area contributed by atoms with E-state index in [-0.39, 0.29) is 0 Å². The zero-order chi connectivity index (χ0) is 16.6. The van der Waals surface area contributed by atoms with E-state index in [1.807, 2.05) is 12.3 Å². The summed E-state index contributed by atoms with van der Waals surface area (Å²) < 4.78 is 11.4. The molecule has 1 aromatic heterocycles. The minimum atomic E-state index is 0.411. The largest absolute Gasteiger partial charge is 0.490 e. The highest BCUT2D eigenvalue weighted by molar-refractivity contribution is 6.15. The van der Waals surface area contributed by atoms with Crippen molar-refractivity contribution in [3.05, 3.63) is 53.2 Å². The predicted octanol–water partition coefficient (Wildman–Crippen LogP) is 2.81. The second-order valence-corrected chi connectivity index (χ2v) is 6.80. The first-order valence-corrected chi connectivity index (χ1v) is 9.00. The Morgan fingerprint density at radius 3 is 2.80 bits per heavy atom. The lowest BCUT2D eigenvalue weighted by molar-refractivity contribution is 0.122. The Balaban J connectivity index is 1.44. The molecule has 1 saturated carbocycles. The quantitative estimate of drug-likeness (QED) is 0.862. The molecule has 2 fully saturated rings. The second kappa shape index (κ2) is 6.15. The fourth-order valence-electron chi connectivity index (χ4n) is 3.39. The number of benzene rings is 1. The van der Waals surface area contributed by atoms with Gasteiger partial charge < -0.3 is 14.4 Å². The lowest BCUT2D eigenvalue weighted by Gasteiger charge is -2.28. The van der Waals surface area contributed by atoms with Crippen molar-refractivity contribution >= 4 is 11.5 Å². The number of nitrogens with zero attached hydrogens (tertiary/aromatic N) is 3. The van der Waals surface area contributed by atoms with Gasteiger partial charge in [-0.15, -0.1) is 0 Å². The van der Waals surface area contributed by atoms with Gasteiger partial charge >= 0.3 is 0 Å². The summed E-state index contributed by atoms with van der Waals surface area (Å²) in [7, 11) is 0. The van der Waals surface area contributed by atoms with Crippen LogP contribution in [-0.2, 0) is 11.3 Å². The molecule has 2 aliphatic heterocycles. The molecule has 2 aromatic rings. The zero-order valence-corrected chi connectivity index (χ0v) is 14.1. The third-order valence-electron chi connectivity index (χ3n) is 4.93. The van der Waals surface area contributed by atoms with Crippen molar-refractivity contribution in [2.24, 2.45) is 4.99 Å². The third-order valence-corrected chi connectivity index (χ3v) is 4.93. The van der Waals surface area contributed by atoms with Crippen LogP contribution in [0.2, 0.25) is 0 Å². The summed E-state index contributed by atoms with van der Waals surface area (Å²) in [5.74, 6) is 1.96. The number of aliphatic imine (C=N–C) groups is 1. The van der Waals surface area contributed by atoms with Gasteiger partial charge in [-0.1, -0.05) is 6.07 Å². The number of morpholine rings is 1. The average Bonchev–Trinajstić information content (AvgIpc) is 3.38. The number of ether oxygens (including phenoxy) is 2. The Bertz CT molecular complexity index is 823. The lowest BCUT2D eigenvalue weighted by atomic mass is 10.0. The summed E-state index contributed by atoms with van der Waals surface area (Å²) in [5, 5.41) is 0. The van der Waals surface area contributed by atoms with Crippen LogP contribution in [0.3, 0.4) is 0 Å². The van der Waals surface area contributed by atoms with Crippen LogP contribution in [0.5, 0.6) is 5.75 Å². The SMILES string of the molecule is c1cc(C2=NCc3ccc(OC4CC4)cc32)cc(N2CCOCC2)n1. The van der Waals surface area contributed by atoms with Gasteiger partial charge in [0, 0.05) is 30.4 Å². The van der Waals surface area contributed by atoms with Crippen LogP contribution in [0.1, 0.15) is 29.5 Å². The summed E-state index contributed by atoms with van der Waals surface area (Å²) in [6, 6.07) is 10.6. The Kier molecular flexibility index (Phi) is 3.67. The van der Waals surface area contributed by atoms with Crippen molar-refractivity contribution in [1.82, 2.24) is 4.98 Å². The van der Waals surface area contributed by atoms with Gasteiger partial charge in [0.15, 0.2) is 0 Å². The molecule has 1 saturated heterocycles. The molecule has 0 amide bonds. The highest BCUT2D eigenvalue weighted by Gasteiger charge is 2.25. The number of rotatable bonds is 4. The first-order valence-electron chi connectivity index (χ1n) is 9.00. The molecule has 5 nitrogen and oxygen atoms in total. The van der Waals surface area contributed by atoms with Crippen molar-refractivity contribution in [2.45, 2.75) is 25.5 Å². The number of fused-ring (bicyclic) bond motifs is 1. The third kappa shape index (κ3) is 3.00. The van der Waals surface area contributed by atoms with E-state index in [1.54, 1.807) is 0 Å². The predicted molar refractivity (Wildman–Crippen MR) is 96.7 cm³/mol. The van der Waals surface area contributed by atoms with Gasteiger partial charge in [0.2, 0.25) is 0 Å². The van der Waals surface area contributed by atoms with Gasteiger partial charge in [-0.2, -0.15) is 0 Å². The normalized spacial score (nSPS) is 19.5. The molecule has 25 heavy (non-hydrogen) atoms.